The Kier molecular flexibility index (Phi) is 6.08. The minimum atomic E-state index is -0.362. The second-order valence-electron chi connectivity index (χ2n) is 6.30. The van der Waals surface area contributed by atoms with Crippen LogP contribution in [0.5, 0.6) is 5.75 Å². The number of hydrogen-bond acceptors (Lipinski definition) is 7. The molecular formula is C21H20FN5O2S. The third kappa shape index (κ3) is 4.20. The average molecular weight is 425 g/mol. The molecule has 2 aromatic heterocycles. The van der Waals surface area contributed by atoms with E-state index in [1.54, 1.807) is 22.8 Å². The number of ether oxygens (including phenoxy) is 1. The Morgan fingerprint density at radius 1 is 1.07 bits per heavy atom. The minimum Gasteiger partial charge on any atom is -0.494 e. The van der Waals surface area contributed by atoms with E-state index >= 15 is 0 Å². The van der Waals surface area contributed by atoms with Crippen molar-refractivity contribution in [3.8, 4) is 22.8 Å². The van der Waals surface area contributed by atoms with Crippen LogP contribution in [0.2, 0.25) is 0 Å². The monoisotopic (exact) mass is 425 g/mol. The van der Waals surface area contributed by atoms with E-state index in [9.17, 15) is 4.39 Å². The molecule has 4 aromatic rings. The van der Waals surface area contributed by atoms with E-state index in [1.807, 2.05) is 38.1 Å². The Balaban J connectivity index is 1.70. The molecule has 0 radical (unpaired) electrons. The van der Waals surface area contributed by atoms with Gasteiger partial charge in [0.15, 0.2) is 16.8 Å². The largest absolute Gasteiger partial charge is 0.494 e. The van der Waals surface area contributed by atoms with E-state index in [1.165, 1.54) is 17.8 Å². The van der Waals surface area contributed by atoms with Gasteiger partial charge >= 0.3 is 0 Å². The van der Waals surface area contributed by atoms with E-state index in [0.29, 0.717) is 47.2 Å². The van der Waals surface area contributed by atoms with Crippen molar-refractivity contribution in [2.45, 2.75) is 31.2 Å². The fourth-order valence-electron chi connectivity index (χ4n) is 2.89. The molecule has 0 aliphatic heterocycles. The lowest BCUT2D eigenvalue weighted by molar-refractivity contribution is 0.340. The second-order valence-corrected chi connectivity index (χ2v) is 7.24. The van der Waals surface area contributed by atoms with Gasteiger partial charge in [-0.3, -0.25) is 4.57 Å². The number of rotatable bonds is 8. The Bertz CT molecular complexity index is 1130. The maximum Gasteiger partial charge on any atom is 0.226 e. The number of aromatic nitrogens is 5. The minimum absolute atomic E-state index is 0.362. The van der Waals surface area contributed by atoms with Gasteiger partial charge in [-0.1, -0.05) is 36.0 Å². The molecule has 0 unspecified atom stereocenters. The molecule has 0 atom stereocenters. The maximum atomic E-state index is 14.7. The highest BCUT2D eigenvalue weighted by Gasteiger charge is 2.19. The molecule has 0 aliphatic carbocycles. The molecule has 2 aromatic carbocycles. The SMILES string of the molecule is CCOc1ccc(-c2nnc(SCc3noc(CC)n3)n2-c2ccccc2F)cc1. The fraction of sp³-hybridized carbons (Fsp3) is 0.238. The van der Waals surface area contributed by atoms with Gasteiger partial charge in [-0.15, -0.1) is 10.2 Å². The Hall–Kier alpha value is -3.20. The number of benzene rings is 2. The number of nitrogens with zero attached hydrogens (tertiary/aromatic N) is 5. The van der Waals surface area contributed by atoms with Crippen molar-refractivity contribution in [3.63, 3.8) is 0 Å². The van der Waals surface area contributed by atoms with Gasteiger partial charge in [0, 0.05) is 12.0 Å². The Labute approximate surface area is 177 Å². The summed E-state index contributed by atoms with van der Waals surface area (Å²) in [5, 5.41) is 13.1. The van der Waals surface area contributed by atoms with Gasteiger partial charge in [0.1, 0.15) is 11.6 Å². The number of thioether (sulfide) groups is 1. The molecule has 0 saturated carbocycles. The van der Waals surface area contributed by atoms with E-state index in [2.05, 4.69) is 20.3 Å². The summed E-state index contributed by atoms with van der Waals surface area (Å²) in [7, 11) is 0. The van der Waals surface area contributed by atoms with E-state index in [4.69, 9.17) is 9.26 Å². The maximum absolute atomic E-state index is 14.7. The van der Waals surface area contributed by atoms with Gasteiger partial charge in [-0.25, -0.2) is 4.39 Å². The molecule has 7 nitrogen and oxygen atoms in total. The zero-order valence-corrected chi connectivity index (χ0v) is 17.4. The van der Waals surface area contributed by atoms with Crippen LogP contribution in [-0.2, 0) is 12.2 Å². The third-order valence-corrected chi connectivity index (χ3v) is 5.22. The van der Waals surface area contributed by atoms with Gasteiger partial charge in [0.25, 0.3) is 0 Å². The average Bonchev–Trinajstić information content (AvgIpc) is 3.40. The molecule has 0 fully saturated rings. The van der Waals surface area contributed by atoms with Crippen LogP contribution in [-0.4, -0.2) is 31.5 Å². The van der Waals surface area contributed by atoms with Crippen molar-refractivity contribution in [1.29, 1.82) is 0 Å². The van der Waals surface area contributed by atoms with E-state index < -0.39 is 0 Å². The lowest BCUT2D eigenvalue weighted by atomic mass is 10.2. The molecule has 9 heteroatoms. The zero-order valence-electron chi connectivity index (χ0n) is 16.6. The molecule has 0 saturated heterocycles. The van der Waals surface area contributed by atoms with E-state index in [-0.39, 0.29) is 5.82 Å². The summed E-state index contributed by atoms with van der Waals surface area (Å²) in [5.74, 6) is 2.50. The Morgan fingerprint density at radius 2 is 1.87 bits per heavy atom. The summed E-state index contributed by atoms with van der Waals surface area (Å²) in [4.78, 5) is 4.31. The lowest BCUT2D eigenvalue weighted by Gasteiger charge is -2.11. The standard InChI is InChI=1S/C21H20FN5O2S/c1-3-19-23-18(26-29-19)13-30-21-25-24-20(14-9-11-15(12-10-14)28-4-2)27(21)17-8-6-5-7-16(17)22/h5-12H,3-4,13H2,1-2H3. The molecule has 0 aliphatic rings. The van der Waals surface area contributed by atoms with Crippen molar-refractivity contribution in [1.82, 2.24) is 24.9 Å². The van der Waals surface area contributed by atoms with Crippen LogP contribution in [0.1, 0.15) is 25.6 Å². The van der Waals surface area contributed by atoms with Crippen molar-refractivity contribution >= 4 is 11.8 Å². The van der Waals surface area contributed by atoms with Crippen LogP contribution in [0.4, 0.5) is 4.39 Å². The van der Waals surface area contributed by atoms with Crippen LogP contribution in [0.15, 0.2) is 58.2 Å². The molecule has 0 bridgehead atoms. The van der Waals surface area contributed by atoms with Crippen molar-refractivity contribution in [3.05, 3.63) is 66.1 Å². The fourth-order valence-corrected chi connectivity index (χ4v) is 3.68. The van der Waals surface area contributed by atoms with Crippen molar-refractivity contribution in [2.24, 2.45) is 0 Å². The molecular weight excluding hydrogens is 405 g/mol. The van der Waals surface area contributed by atoms with Gasteiger partial charge in [0.2, 0.25) is 5.89 Å². The van der Waals surface area contributed by atoms with Crippen LogP contribution in [0, 0.1) is 5.82 Å². The van der Waals surface area contributed by atoms with E-state index in [0.717, 1.165) is 11.3 Å². The van der Waals surface area contributed by atoms with Gasteiger partial charge in [-0.2, -0.15) is 4.98 Å². The number of halogens is 1. The smallest absolute Gasteiger partial charge is 0.226 e. The first-order chi connectivity index (χ1) is 14.7. The first-order valence-corrected chi connectivity index (χ1v) is 10.6. The van der Waals surface area contributed by atoms with Crippen molar-refractivity contribution in [2.75, 3.05) is 6.61 Å². The summed E-state index contributed by atoms with van der Waals surface area (Å²) in [6, 6.07) is 14.0. The summed E-state index contributed by atoms with van der Waals surface area (Å²) in [5.41, 5.74) is 1.17. The molecule has 154 valence electrons. The summed E-state index contributed by atoms with van der Waals surface area (Å²) in [6.45, 7) is 4.46. The Morgan fingerprint density at radius 3 is 2.57 bits per heavy atom. The van der Waals surface area contributed by atoms with Gasteiger partial charge in [-0.05, 0) is 43.3 Å². The highest BCUT2D eigenvalue weighted by atomic mass is 32.2. The number of aryl methyl sites for hydroxylation is 1. The number of para-hydroxylation sites is 1. The van der Waals surface area contributed by atoms with Gasteiger partial charge < -0.3 is 9.26 Å². The van der Waals surface area contributed by atoms with Crippen molar-refractivity contribution < 1.29 is 13.7 Å². The molecule has 4 rings (SSSR count). The predicted octanol–water partition coefficient (Wildman–Crippen LogP) is 4.71. The molecule has 0 N–H and O–H groups in total. The molecule has 0 spiro atoms. The lowest BCUT2D eigenvalue weighted by Crippen LogP contribution is -2.02. The molecule has 0 amide bonds. The highest BCUT2D eigenvalue weighted by molar-refractivity contribution is 7.98. The summed E-state index contributed by atoms with van der Waals surface area (Å²) >= 11 is 1.37. The van der Waals surface area contributed by atoms with Crippen LogP contribution < -0.4 is 4.74 Å². The number of hydrogen-bond donors (Lipinski definition) is 0. The summed E-state index contributed by atoms with van der Waals surface area (Å²) < 4.78 is 27.0. The third-order valence-electron chi connectivity index (χ3n) is 4.29. The van der Waals surface area contributed by atoms with Gasteiger partial charge in [0.05, 0.1) is 18.0 Å². The summed E-state index contributed by atoms with van der Waals surface area (Å²) in [6.07, 6.45) is 0.672. The van der Waals surface area contributed by atoms with Crippen LogP contribution >= 0.6 is 11.8 Å². The normalized spacial score (nSPS) is 11.0. The molecule has 30 heavy (non-hydrogen) atoms. The first kappa shape index (κ1) is 20.1. The van der Waals surface area contributed by atoms with Crippen LogP contribution in [0.3, 0.4) is 0 Å². The molecule has 2 heterocycles. The quantitative estimate of drug-likeness (QED) is 0.378. The first-order valence-electron chi connectivity index (χ1n) is 9.57. The predicted molar refractivity (Wildman–Crippen MR) is 111 cm³/mol. The zero-order chi connectivity index (χ0) is 20.9. The topological polar surface area (TPSA) is 78.9 Å². The highest BCUT2D eigenvalue weighted by Crippen LogP contribution is 2.31. The second kappa shape index (κ2) is 9.08. The van der Waals surface area contributed by atoms with Crippen LogP contribution in [0.25, 0.3) is 17.1 Å².